The Labute approximate surface area is 104 Å². The van der Waals surface area contributed by atoms with Crippen LogP contribution in [0, 0.1) is 12.8 Å². The Morgan fingerprint density at radius 1 is 1.60 bits per heavy atom. The number of hydrogen-bond donors (Lipinski definition) is 1. The number of thiophene rings is 1. The van der Waals surface area contributed by atoms with Crippen LogP contribution in [0.5, 0.6) is 0 Å². The maximum atomic E-state index is 3.61. The van der Waals surface area contributed by atoms with Gasteiger partial charge in [-0.2, -0.15) is 0 Å². The quantitative estimate of drug-likeness (QED) is 0.853. The molecule has 0 aromatic carbocycles. The minimum absolute atomic E-state index is 0.574. The number of aryl methyl sites for hydroxylation is 1. The van der Waals surface area contributed by atoms with Gasteiger partial charge in [-0.3, -0.25) is 0 Å². The van der Waals surface area contributed by atoms with Crippen molar-refractivity contribution >= 4 is 27.3 Å². The van der Waals surface area contributed by atoms with E-state index in [0.717, 1.165) is 12.5 Å². The minimum atomic E-state index is 0.574. The van der Waals surface area contributed by atoms with Gasteiger partial charge in [-0.05, 0) is 53.4 Å². The summed E-state index contributed by atoms with van der Waals surface area (Å²) in [6.45, 7) is 5.48. The fourth-order valence-electron chi connectivity index (χ4n) is 2.06. The molecule has 3 heteroatoms. The van der Waals surface area contributed by atoms with E-state index in [1.54, 1.807) is 0 Å². The van der Waals surface area contributed by atoms with E-state index in [-0.39, 0.29) is 0 Å². The second kappa shape index (κ2) is 4.98. The molecule has 0 amide bonds. The van der Waals surface area contributed by atoms with E-state index in [1.807, 2.05) is 11.3 Å². The van der Waals surface area contributed by atoms with E-state index < -0.39 is 0 Å². The van der Waals surface area contributed by atoms with Crippen LogP contribution in [0.4, 0.5) is 0 Å². The predicted octanol–water partition coefficient (Wildman–Crippen LogP) is 4.27. The highest BCUT2D eigenvalue weighted by molar-refractivity contribution is 9.11. The van der Waals surface area contributed by atoms with Crippen LogP contribution in [0.1, 0.15) is 42.7 Å². The van der Waals surface area contributed by atoms with Crippen molar-refractivity contribution in [2.75, 3.05) is 6.54 Å². The Kier molecular flexibility index (Phi) is 3.86. The van der Waals surface area contributed by atoms with Crippen molar-refractivity contribution in [1.82, 2.24) is 5.32 Å². The van der Waals surface area contributed by atoms with Gasteiger partial charge >= 0.3 is 0 Å². The smallest absolute Gasteiger partial charge is 0.0704 e. The summed E-state index contributed by atoms with van der Waals surface area (Å²) in [5.74, 6) is 0.979. The first kappa shape index (κ1) is 11.6. The normalized spacial score (nSPS) is 18.1. The lowest BCUT2D eigenvalue weighted by atomic mass is 10.0. The van der Waals surface area contributed by atoms with Gasteiger partial charge < -0.3 is 5.32 Å². The number of hydrogen-bond acceptors (Lipinski definition) is 2. The third kappa shape index (κ3) is 3.05. The summed E-state index contributed by atoms with van der Waals surface area (Å²) >= 11 is 5.42. The van der Waals surface area contributed by atoms with Crippen molar-refractivity contribution in [1.29, 1.82) is 0 Å². The Morgan fingerprint density at radius 3 is 2.80 bits per heavy atom. The monoisotopic (exact) mass is 287 g/mol. The average molecular weight is 288 g/mol. The van der Waals surface area contributed by atoms with Gasteiger partial charge in [-0.15, -0.1) is 11.3 Å². The molecule has 84 valence electrons. The Bertz CT molecular complexity index is 330. The van der Waals surface area contributed by atoms with E-state index in [1.165, 1.54) is 33.5 Å². The lowest BCUT2D eigenvalue weighted by Gasteiger charge is -2.17. The summed E-state index contributed by atoms with van der Waals surface area (Å²) in [7, 11) is 0. The van der Waals surface area contributed by atoms with E-state index in [2.05, 4.69) is 41.2 Å². The predicted molar refractivity (Wildman–Crippen MR) is 70.5 cm³/mol. The fraction of sp³-hybridized carbons (Fsp3) is 0.667. The summed E-state index contributed by atoms with van der Waals surface area (Å²) in [6, 6.07) is 2.86. The Hall–Kier alpha value is 0.140. The largest absolute Gasteiger partial charge is 0.310 e. The molecular weight excluding hydrogens is 270 g/mol. The molecule has 1 aliphatic rings. The molecule has 1 unspecified atom stereocenters. The van der Waals surface area contributed by atoms with Gasteiger partial charge in [0.2, 0.25) is 0 Å². The zero-order chi connectivity index (χ0) is 10.8. The first-order chi connectivity index (χ1) is 7.20. The van der Waals surface area contributed by atoms with Crippen LogP contribution in [0.25, 0.3) is 0 Å². The molecule has 0 aliphatic heterocycles. The lowest BCUT2D eigenvalue weighted by molar-refractivity contribution is 0.486. The van der Waals surface area contributed by atoms with Crippen molar-refractivity contribution in [2.24, 2.45) is 5.92 Å². The molecule has 0 bridgehead atoms. The first-order valence-corrected chi connectivity index (χ1v) is 7.31. The molecule has 0 saturated heterocycles. The standard InChI is InChI=1S/C12H18BrNS/c1-3-14-11(6-9-4-5-9)10-7-12(13)15-8(10)2/h7,9,11,14H,3-6H2,1-2H3. The molecule has 1 heterocycles. The van der Waals surface area contributed by atoms with Crippen LogP contribution < -0.4 is 5.32 Å². The van der Waals surface area contributed by atoms with Gasteiger partial charge in [-0.1, -0.05) is 19.8 Å². The van der Waals surface area contributed by atoms with Crippen LogP contribution in [0.2, 0.25) is 0 Å². The molecule has 1 aromatic heterocycles. The summed E-state index contributed by atoms with van der Waals surface area (Å²) in [6.07, 6.45) is 4.19. The minimum Gasteiger partial charge on any atom is -0.310 e. The summed E-state index contributed by atoms with van der Waals surface area (Å²) in [4.78, 5) is 1.45. The number of rotatable bonds is 5. The highest BCUT2D eigenvalue weighted by atomic mass is 79.9. The highest BCUT2D eigenvalue weighted by Crippen LogP contribution is 2.40. The van der Waals surface area contributed by atoms with Gasteiger partial charge in [0.1, 0.15) is 0 Å². The van der Waals surface area contributed by atoms with Crippen molar-refractivity contribution in [3.8, 4) is 0 Å². The average Bonchev–Trinajstić information content (AvgIpc) is 2.91. The van der Waals surface area contributed by atoms with Gasteiger partial charge in [0.25, 0.3) is 0 Å². The second-order valence-electron chi connectivity index (χ2n) is 4.35. The Balaban J connectivity index is 2.10. The molecule has 1 N–H and O–H groups in total. The van der Waals surface area contributed by atoms with Crippen LogP contribution in [0.3, 0.4) is 0 Å². The van der Waals surface area contributed by atoms with Crippen molar-refractivity contribution < 1.29 is 0 Å². The molecule has 1 nitrogen and oxygen atoms in total. The fourth-order valence-corrected chi connectivity index (χ4v) is 3.83. The zero-order valence-electron chi connectivity index (χ0n) is 9.35. The molecule has 15 heavy (non-hydrogen) atoms. The van der Waals surface area contributed by atoms with Crippen LogP contribution in [-0.2, 0) is 0 Å². The van der Waals surface area contributed by atoms with Crippen LogP contribution in [-0.4, -0.2) is 6.54 Å². The van der Waals surface area contributed by atoms with E-state index in [9.17, 15) is 0 Å². The Morgan fingerprint density at radius 2 is 2.33 bits per heavy atom. The number of halogens is 1. The molecular formula is C12H18BrNS. The first-order valence-electron chi connectivity index (χ1n) is 5.70. The molecule has 1 atom stereocenters. The molecule has 2 rings (SSSR count). The van der Waals surface area contributed by atoms with Crippen LogP contribution >= 0.6 is 27.3 Å². The van der Waals surface area contributed by atoms with Crippen LogP contribution in [0.15, 0.2) is 9.85 Å². The van der Waals surface area contributed by atoms with Gasteiger partial charge in [0.05, 0.1) is 3.79 Å². The molecule has 1 aliphatic carbocycles. The molecule has 0 radical (unpaired) electrons. The van der Waals surface area contributed by atoms with E-state index in [0.29, 0.717) is 6.04 Å². The molecule has 1 aromatic rings. The summed E-state index contributed by atoms with van der Waals surface area (Å²) in [5, 5.41) is 3.61. The molecule has 0 spiro atoms. The highest BCUT2D eigenvalue weighted by Gasteiger charge is 2.27. The van der Waals surface area contributed by atoms with Crippen molar-refractivity contribution in [3.05, 3.63) is 20.3 Å². The maximum Gasteiger partial charge on any atom is 0.0704 e. The molecule has 1 saturated carbocycles. The third-order valence-corrected chi connectivity index (χ3v) is 4.59. The van der Waals surface area contributed by atoms with Gasteiger partial charge in [-0.25, -0.2) is 0 Å². The zero-order valence-corrected chi connectivity index (χ0v) is 11.7. The summed E-state index contributed by atoms with van der Waals surface area (Å²) in [5.41, 5.74) is 1.50. The summed E-state index contributed by atoms with van der Waals surface area (Å²) < 4.78 is 1.26. The number of nitrogens with one attached hydrogen (secondary N) is 1. The second-order valence-corrected chi connectivity index (χ2v) is 6.99. The van der Waals surface area contributed by atoms with E-state index >= 15 is 0 Å². The van der Waals surface area contributed by atoms with Crippen molar-refractivity contribution in [3.63, 3.8) is 0 Å². The lowest BCUT2D eigenvalue weighted by Crippen LogP contribution is -2.21. The van der Waals surface area contributed by atoms with Gasteiger partial charge in [0, 0.05) is 10.9 Å². The van der Waals surface area contributed by atoms with E-state index in [4.69, 9.17) is 0 Å². The van der Waals surface area contributed by atoms with Crippen molar-refractivity contribution in [2.45, 2.75) is 39.2 Å². The third-order valence-electron chi connectivity index (χ3n) is 3.02. The van der Waals surface area contributed by atoms with Gasteiger partial charge in [0.15, 0.2) is 0 Å². The topological polar surface area (TPSA) is 12.0 Å². The SMILES string of the molecule is CCNC(CC1CC1)c1cc(Br)sc1C. The molecule has 1 fully saturated rings. The maximum absolute atomic E-state index is 3.61.